The number of rotatable bonds is 6. The first-order valence-corrected chi connectivity index (χ1v) is 6.94. The quantitative estimate of drug-likeness (QED) is 0.537. The van der Waals surface area contributed by atoms with Gasteiger partial charge in [-0.15, -0.1) is 0 Å². The van der Waals surface area contributed by atoms with Crippen LogP contribution < -0.4 is 10.5 Å². The van der Waals surface area contributed by atoms with Crippen LogP contribution in [0, 0.1) is 11.2 Å². The summed E-state index contributed by atoms with van der Waals surface area (Å²) in [6.45, 7) is 1.79. The van der Waals surface area contributed by atoms with Crippen molar-refractivity contribution >= 4 is 15.9 Å². The summed E-state index contributed by atoms with van der Waals surface area (Å²) >= 11 is 0. The fourth-order valence-electron chi connectivity index (χ4n) is 1.44. The van der Waals surface area contributed by atoms with Gasteiger partial charge in [0.1, 0.15) is 5.82 Å². The maximum absolute atomic E-state index is 12.7. The van der Waals surface area contributed by atoms with Crippen LogP contribution in [-0.2, 0) is 10.0 Å². The van der Waals surface area contributed by atoms with E-state index in [0.29, 0.717) is 6.42 Å². The number of sulfonamides is 1. The van der Waals surface area contributed by atoms with E-state index in [-0.39, 0.29) is 17.2 Å². The van der Waals surface area contributed by atoms with Gasteiger partial charge in [0.05, 0.1) is 10.7 Å². The minimum atomic E-state index is -3.70. The molecule has 18 heavy (non-hydrogen) atoms. The fourth-order valence-corrected chi connectivity index (χ4v) is 2.76. The van der Waals surface area contributed by atoms with Crippen molar-refractivity contribution in [1.29, 1.82) is 5.41 Å². The molecular weight excluding hydrogens is 257 g/mol. The minimum Gasteiger partial charge on any atom is -0.388 e. The molecule has 1 aromatic rings. The van der Waals surface area contributed by atoms with Gasteiger partial charge in [-0.05, 0) is 30.7 Å². The van der Waals surface area contributed by atoms with Crippen molar-refractivity contribution in [3.63, 3.8) is 0 Å². The number of halogens is 1. The lowest BCUT2D eigenvalue weighted by Gasteiger charge is -2.16. The molecule has 0 heterocycles. The maximum atomic E-state index is 12.7. The largest absolute Gasteiger partial charge is 0.388 e. The van der Waals surface area contributed by atoms with Gasteiger partial charge < -0.3 is 5.73 Å². The van der Waals surface area contributed by atoms with Gasteiger partial charge in [0.25, 0.3) is 0 Å². The number of nitrogens with two attached hydrogens (primary N) is 1. The molecule has 0 amide bonds. The Kier molecular flexibility index (Phi) is 4.80. The monoisotopic (exact) mass is 273 g/mol. The molecule has 0 aliphatic heterocycles. The maximum Gasteiger partial charge on any atom is 0.240 e. The smallest absolute Gasteiger partial charge is 0.240 e. The van der Waals surface area contributed by atoms with E-state index in [9.17, 15) is 12.8 Å². The highest BCUT2D eigenvalue weighted by atomic mass is 32.2. The zero-order valence-electron chi connectivity index (χ0n) is 9.98. The molecule has 1 atom stereocenters. The molecule has 4 N–H and O–H groups in total. The minimum absolute atomic E-state index is 0.00842. The van der Waals surface area contributed by atoms with E-state index >= 15 is 0 Å². The molecule has 100 valence electrons. The molecule has 0 saturated heterocycles. The van der Waals surface area contributed by atoms with Gasteiger partial charge in [0.15, 0.2) is 0 Å². The number of hydrogen-bond donors (Lipinski definition) is 3. The third-order valence-corrected chi connectivity index (χ3v) is 3.94. The van der Waals surface area contributed by atoms with Gasteiger partial charge in [-0.25, -0.2) is 17.5 Å². The third kappa shape index (κ3) is 4.08. The summed E-state index contributed by atoms with van der Waals surface area (Å²) < 4.78 is 39.1. The predicted octanol–water partition coefficient (Wildman–Crippen LogP) is 1.21. The van der Waals surface area contributed by atoms with Crippen molar-refractivity contribution < 1.29 is 12.8 Å². The third-order valence-electron chi connectivity index (χ3n) is 2.40. The van der Waals surface area contributed by atoms with E-state index in [0.717, 1.165) is 12.1 Å². The second-order valence-corrected chi connectivity index (χ2v) is 5.62. The van der Waals surface area contributed by atoms with Crippen LogP contribution in [0.25, 0.3) is 0 Å². The molecule has 0 aliphatic carbocycles. The molecule has 1 aromatic carbocycles. The summed E-state index contributed by atoms with van der Waals surface area (Å²) in [4.78, 5) is -0.00842. The van der Waals surface area contributed by atoms with Crippen molar-refractivity contribution in [3.8, 4) is 0 Å². The molecular formula is C11H16FN3O2S. The Hall–Kier alpha value is -1.47. The highest BCUT2D eigenvalue weighted by Gasteiger charge is 2.19. The van der Waals surface area contributed by atoms with Crippen molar-refractivity contribution in [2.75, 3.05) is 0 Å². The Bertz CT molecular complexity index is 514. The Morgan fingerprint density at radius 1 is 1.44 bits per heavy atom. The lowest BCUT2D eigenvalue weighted by Crippen LogP contribution is -2.37. The number of hydrogen-bond acceptors (Lipinski definition) is 3. The summed E-state index contributed by atoms with van der Waals surface area (Å²) in [5.41, 5.74) is 5.25. The van der Waals surface area contributed by atoms with Gasteiger partial charge in [0, 0.05) is 12.5 Å². The topological polar surface area (TPSA) is 96.0 Å². The van der Waals surface area contributed by atoms with Crippen LogP contribution in [0.5, 0.6) is 0 Å². The SMILES string of the molecule is CCC(CC(=N)N)NS(=O)(=O)c1ccc(F)cc1. The Balaban J connectivity index is 2.86. The normalized spacial score (nSPS) is 13.2. The number of benzene rings is 1. The van der Waals surface area contributed by atoms with Crippen molar-refractivity contribution in [1.82, 2.24) is 4.72 Å². The second kappa shape index (κ2) is 5.92. The molecule has 0 fully saturated rings. The van der Waals surface area contributed by atoms with Crippen molar-refractivity contribution in [2.24, 2.45) is 5.73 Å². The summed E-state index contributed by atoms with van der Waals surface area (Å²) in [6.07, 6.45) is 0.664. The molecule has 0 spiro atoms. The first-order valence-electron chi connectivity index (χ1n) is 5.46. The zero-order valence-corrected chi connectivity index (χ0v) is 10.8. The van der Waals surface area contributed by atoms with E-state index in [4.69, 9.17) is 11.1 Å². The molecule has 5 nitrogen and oxygen atoms in total. The van der Waals surface area contributed by atoms with E-state index < -0.39 is 21.9 Å². The Morgan fingerprint density at radius 3 is 2.44 bits per heavy atom. The van der Waals surface area contributed by atoms with Gasteiger partial charge in [-0.3, -0.25) is 5.41 Å². The second-order valence-electron chi connectivity index (χ2n) is 3.91. The van der Waals surface area contributed by atoms with Crippen molar-refractivity contribution in [2.45, 2.75) is 30.7 Å². The van der Waals surface area contributed by atoms with Crippen LogP contribution >= 0.6 is 0 Å². The summed E-state index contributed by atoms with van der Waals surface area (Å²) in [7, 11) is -3.70. The molecule has 1 rings (SSSR count). The number of amidine groups is 1. The average Bonchev–Trinajstić information content (AvgIpc) is 2.27. The summed E-state index contributed by atoms with van der Waals surface area (Å²) in [6, 6.07) is 4.12. The molecule has 1 unspecified atom stereocenters. The summed E-state index contributed by atoms with van der Waals surface area (Å²) in [5, 5.41) is 7.16. The van der Waals surface area contributed by atoms with Crippen LogP contribution in [0.2, 0.25) is 0 Å². The highest BCUT2D eigenvalue weighted by molar-refractivity contribution is 7.89. The van der Waals surface area contributed by atoms with Crippen LogP contribution in [0.1, 0.15) is 19.8 Å². The standard InChI is InChI=1S/C11H16FN3O2S/c1-2-9(7-11(13)14)15-18(16,17)10-5-3-8(12)4-6-10/h3-6,9,15H,2,7H2,1H3,(H3,13,14). The van der Waals surface area contributed by atoms with E-state index in [1.165, 1.54) is 12.1 Å². The molecule has 0 bridgehead atoms. The molecule has 0 aromatic heterocycles. The zero-order chi connectivity index (χ0) is 13.8. The molecule has 7 heteroatoms. The van der Waals surface area contributed by atoms with Gasteiger partial charge in [0.2, 0.25) is 10.0 Å². The van der Waals surface area contributed by atoms with E-state index in [2.05, 4.69) is 4.72 Å². The lowest BCUT2D eigenvalue weighted by atomic mass is 10.1. The molecule has 0 radical (unpaired) electrons. The van der Waals surface area contributed by atoms with Crippen LogP contribution in [-0.4, -0.2) is 20.3 Å². The molecule has 0 aliphatic rings. The van der Waals surface area contributed by atoms with E-state index in [1.54, 1.807) is 6.92 Å². The highest BCUT2D eigenvalue weighted by Crippen LogP contribution is 2.11. The first kappa shape index (κ1) is 14.6. The van der Waals surface area contributed by atoms with Gasteiger partial charge in [-0.2, -0.15) is 0 Å². The molecule has 0 saturated carbocycles. The Labute approximate surface area is 106 Å². The lowest BCUT2D eigenvalue weighted by molar-refractivity contribution is 0.545. The van der Waals surface area contributed by atoms with Crippen LogP contribution in [0.15, 0.2) is 29.2 Å². The summed E-state index contributed by atoms with van der Waals surface area (Å²) in [5.74, 6) is -0.576. The van der Waals surface area contributed by atoms with Crippen molar-refractivity contribution in [3.05, 3.63) is 30.1 Å². The fraction of sp³-hybridized carbons (Fsp3) is 0.364. The van der Waals surface area contributed by atoms with Gasteiger partial charge in [-0.1, -0.05) is 6.92 Å². The average molecular weight is 273 g/mol. The predicted molar refractivity (Wildman–Crippen MR) is 67.3 cm³/mol. The van der Waals surface area contributed by atoms with Crippen LogP contribution in [0.4, 0.5) is 4.39 Å². The Morgan fingerprint density at radius 2 is 2.00 bits per heavy atom. The van der Waals surface area contributed by atoms with Crippen LogP contribution in [0.3, 0.4) is 0 Å². The first-order chi connectivity index (χ1) is 8.35. The number of nitrogens with one attached hydrogen (secondary N) is 2. The van der Waals surface area contributed by atoms with E-state index in [1.807, 2.05) is 0 Å². The van der Waals surface area contributed by atoms with Gasteiger partial charge >= 0.3 is 0 Å².